The SMILES string of the molecule is CC1CCN(C(=O)n2nnc3cc(F)c(Cl)cc32)CC1. The van der Waals surface area contributed by atoms with E-state index in [4.69, 9.17) is 11.6 Å². The van der Waals surface area contributed by atoms with Crippen LogP contribution in [-0.2, 0) is 0 Å². The van der Waals surface area contributed by atoms with E-state index in [-0.39, 0.29) is 11.1 Å². The third-order valence-electron chi connectivity index (χ3n) is 3.72. The zero-order chi connectivity index (χ0) is 14.3. The number of rotatable bonds is 0. The molecule has 0 bridgehead atoms. The minimum absolute atomic E-state index is 0.0406. The molecule has 20 heavy (non-hydrogen) atoms. The van der Waals surface area contributed by atoms with Crippen LogP contribution in [0.5, 0.6) is 0 Å². The van der Waals surface area contributed by atoms with Crippen LogP contribution >= 0.6 is 11.6 Å². The summed E-state index contributed by atoms with van der Waals surface area (Å²) in [6.45, 7) is 3.59. The van der Waals surface area contributed by atoms with E-state index in [1.54, 1.807) is 4.90 Å². The van der Waals surface area contributed by atoms with Crippen molar-refractivity contribution in [3.05, 3.63) is 23.0 Å². The molecule has 1 aliphatic rings. The Balaban J connectivity index is 1.94. The van der Waals surface area contributed by atoms with Crippen molar-refractivity contribution in [3.8, 4) is 0 Å². The zero-order valence-electron chi connectivity index (χ0n) is 11.0. The summed E-state index contributed by atoms with van der Waals surface area (Å²) in [5.74, 6) is 0.0699. The number of carbonyl (C=O) groups excluding carboxylic acids is 1. The third kappa shape index (κ3) is 2.24. The van der Waals surface area contributed by atoms with Crippen LogP contribution < -0.4 is 0 Å². The summed E-state index contributed by atoms with van der Waals surface area (Å²) in [5.41, 5.74) is 0.755. The minimum atomic E-state index is -0.564. The van der Waals surface area contributed by atoms with Gasteiger partial charge in [-0.25, -0.2) is 9.18 Å². The van der Waals surface area contributed by atoms with Crippen LogP contribution in [0.1, 0.15) is 19.8 Å². The molecule has 7 heteroatoms. The van der Waals surface area contributed by atoms with Crippen LogP contribution in [0.2, 0.25) is 5.02 Å². The number of benzene rings is 1. The summed E-state index contributed by atoms with van der Waals surface area (Å²) in [6, 6.07) is 2.34. The van der Waals surface area contributed by atoms with Gasteiger partial charge in [0.05, 0.1) is 5.02 Å². The molecule has 3 rings (SSSR count). The second-order valence-electron chi connectivity index (χ2n) is 5.21. The summed E-state index contributed by atoms with van der Waals surface area (Å²) < 4.78 is 14.5. The fourth-order valence-electron chi connectivity index (χ4n) is 2.39. The molecule has 1 saturated heterocycles. The van der Waals surface area contributed by atoms with Crippen LogP contribution in [0.25, 0.3) is 11.0 Å². The largest absolute Gasteiger partial charge is 0.346 e. The Morgan fingerprint density at radius 2 is 2.10 bits per heavy atom. The van der Waals surface area contributed by atoms with Gasteiger partial charge >= 0.3 is 6.03 Å². The van der Waals surface area contributed by atoms with Crippen LogP contribution in [0.15, 0.2) is 12.1 Å². The minimum Gasteiger partial charge on any atom is -0.323 e. The summed E-state index contributed by atoms with van der Waals surface area (Å²) in [7, 11) is 0. The second-order valence-corrected chi connectivity index (χ2v) is 5.62. The first kappa shape index (κ1) is 13.3. The molecular weight excluding hydrogens is 283 g/mol. The number of carbonyl (C=O) groups is 1. The normalized spacial score (nSPS) is 16.9. The third-order valence-corrected chi connectivity index (χ3v) is 4.01. The van der Waals surface area contributed by atoms with Gasteiger partial charge in [0, 0.05) is 19.2 Å². The Hall–Kier alpha value is -1.69. The number of aromatic nitrogens is 3. The van der Waals surface area contributed by atoms with E-state index in [1.807, 2.05) is 0 Å². The Kier molecular flexibility index (Phi) is 3.33. The van der Waals surface area contributed by atoms with Crippen molar-refractivity contribution in [1.29, 1.82) is 0 Å². The monoisotopic (exact) mass is 296 g/mol. The standard InChI is InChI=1S/C13H14ClFN4O/c1-8-2-4-18(5-3-8)13(20)19-12-6-9(14)10(15)7-11(12)16-17-19/h6-8H,2-5H2,1H3. The van der Waals surface area contributed by atoms with Gasteiger partial charge in [-0.1, -0.05) is 23.7 Å². The van der Waals surface area contributed by atoms with Crippen molar-refractivity contribution in [2.24, 2.45) is 5.92 Å². The van der Waals surface area contributed by atoms with E-state index < -0.39 is 5.82 Å². The first-order chi connectivity index (χ1) is 9.56. The molecular formula is C13H14ClFN4O. The maximum Gasteiger partial charge on any atom is 0.346 e. The van der Waals surface area contributed by atoms with Crippen LogP contribution in [-0.4, -0.2) is 39.0 Å². The van der Waals surface area contributed by atoms with Crippen molar-refractivity contribution in [1.82, 2.24) is 19.9 Å². The highest BCUT2D eigenvalue weighted by molar-refractivity contribution is 6.31. The molecule has 5 nitrogen and oxygen atoms in total. The fraction of sp³-hybridized carbons (Fsp3) is 0.462. The lowest BCUT2D eigenvalue weighted by Crippen LogP contribution is -2.40. The number of likely N-dealkylation sites (tertiary alicyclic amines) is 1. The summed E-state index contributed by atoms with van der Waals surface area (Å²) in [5, 5.41) is 7.60. The van der Waals surface area contributed by atoms with Gasteiger partial charge in [0.2, 0.25) is 0 Å². The topological polar surface area (TPSA) is 51.0 Å². The predicted octanol–water partition coefficient (Wildman–Crippen LogP) is 2.92. The number of nitrogens with zero attached hydrogens (tertiary/aromatic N) is 4. The van der Waals surface area contributed by atoms with Gasteiger partial charge in [0.25, 0.3) is 0 Å². The van der Waals surface area contributed by atoms with Gasteiger partial charge in [0.15, 0.2) is 0 Å². The van der Waals surface area contributed by atoms with E-state index >= 15 is 0 Å². The van der Waals surface area contributed by atoms with Crippen molar-refractivity contribution in [2.75, 3.05) is 13.1 Å². The Labute approximate surface area is 120 Å². The van der Waals surface area contributed by atoms with Gasteiger partial charge in [-0.2, -0.15) is 4.68 Å². The molecule has 0 N–H and O–H groups in total. The van der Waals surface area contributed by atoms with E-state index in [2.05, 4.69) is 17.2 Å². The molecule has 0 spiro atoms. The first-order valence-electron chi connectivity index (χ1n) is 6.56. The van der Waals surface area contributed by atoms with Gasteiger partial charge in [-0.15, -0.1) is 5.10 Å². The van der Waals surface area contributed by atoms with Gasteiger partial charge in [0.1, 0.15) is 16.9 Å². The zero-order valence-corrected chi connectivity index (χ0v) is 11.8. The maximum absolute atomic E-state index is 13.4. The molecule has 0 atom stereocenters. The summed E-state index contributed by atoms with van der Waals surface area (Å²) >= 11 is 5.76. The fourth-order valence-corrected chi connectivity index (χ4v) is 2.55. The average Bonchev–Trinajstić information content (AvgIpc) is 2.82. The molecule has 1 aromatic carbocycles. The molecule has 106 valence electrons. The smallest absolute Gasteiger partial charge is 0.323 e. The van der Waals surface area contributed by atoms with Gasteiger partial charge in [-0.05, 0) is 24.8 Å². The van der Waals surface area contributed by atoms with E-state index in [9.17, 15) is 9.18 Å². The predicted molar refractivity (Wildman–Crippen MR) is 73.3 cm³/mol. The highest BCUT2D eigenvalue weighted by atomic mass is 35.5. The van der Waals surface area contributed by atoms with Crippen molar-refractivity contribution < 1.29 is 9.18 Å². The van der Waals surface area contributed by atoms with Gasteiger partial charge < -0.3 is 4.90 Å². The van der Waals surface area contributed by atoms with Crippen LogP contribution in [0, 0.1) is 11.7 Å². The summed E-state index contributed by atoms with van der Waals surface area (Å²) in [4.78, 5) is 14.2. The van der Waals surface area contributed by atoms with E-state index in [0.29, 0.717) is 30.0 Å². The number of amides is 1. The van der Waals surface area contributed by atoms with E-state index in [1.165, 1.54) is 16.8 Å². The first-order valence-corrected chi connectivity index (χ1v) is 6.94. The molecule has 2 heterocycles. The average molecular weight is 297 g/mol. The molecule has 1 aliphatic heterocycles. The van der Waals surface area contributed by atoms with Crippen molar-refractivity contribution in [2.45, 2.75) is 19.8 Å². The number of hydrogen-bond acceptors (Lipinski definition) is 3. The lowest BCUT2D eigenvalue weighted by atomic mass is 10.00. The summed E-state index contributed by atoms with van der Waals surface area (Å²) in [6.07, 6.45) is 1.96. The lowest BCUT2D eigenvalue weighted by Gasteiger charge is -2.29. The van der Waals surface area contributed by atoms with Crippen LogP contribution in [0.4, 0.5) is 9.18 Å². The number of fused-ring (bicyclic) bond motifs is 1. The quantitative estimate of drug-likeness (QED) is 0.751. The molecule has 0 radical (unpaired) electrons. The molecule has 1 fully saturated rings. The second kappa shape index (κ2) is 5.01. The highest BCUT2D eigenvalue weighted by Gasteiger charge is 2.24. The number of hydrogen-bond donors (Lipinski definition) is 0. The van der Waals surface area contributed by atoms with E-state index in [0.717, 1.165) is 12.8 Å². The van der Waals surface area contributed by atoms with Crippen LogP contribution in [0.3, 0.4) is 0 Å². The molecule has 1 aromatic heterocycles. The number of piperidine rings is 1. The lowest BCUT2D eigenvalue weighted by molar-refractivity contribution is 0.173. The Morgan fingerprint density at radius 3 is 2.80 bits per heavy atom. The molecule has 0 unspecified atom stereocenters. The molecule has 1 amide bonds. The molecule has 2 aromatic rings. The Morgan fingerprint density at radius 1 is 1.40 bits per heavy atom. The maximum atomic E-state index is 13.4. The molecule has 0 saturated carbocycles. The van der Waals surface area contributed by atoms with Gasteiger partial charge in [-0.3, -0.25) is 0 Å². The number of halogens is 2. The Bertz CT molecular complexity index is 664. The molecule has 0 aliphatic carbocycles. The van der Waals surface area contributed by atoms with Crippen molar-refractivity contribution >= 4 is 28.7 Å². The van der Waals surface area contributed by atoms with Crippen molar-refractivity contribution in [3.63, 3.8) is 0 Å². The highest BCUT2D eigenvalue weighted by Crippen LogP contribution is 2.22.